The molecular formula is C24H21NO4. The summed E-state index contributed by atoms with van der Waals surface area (Å²) in [5, 5.41) is 12.0. The van der Waals surface area contributed by atoms with Gasteiger partial charge in [0.25, 0.3) is 5.91 Å². The summed E-state index contributed by atoms with van der Waals surface area (Å²) in [6, 6.07) is 23.5. The van der Waals surface area contributed by atoms with E-state index in [1.807, 2.05) is 37.3 Å². The molecule has 0 bridgehead atoms. The van der Waals surface area contributed by atoms with Gasteiger partial charge < -0.3 is 15.2 Å². The quantitative estimate of drug-likeness (QED) is 0.588. The van der Waals surface area contributed by atoms with E-state index in [0.717, 1.165) is 11.1 Å². The topological polar surface area (TPSA) is 75.6 Å². The van der Waals surface area contributed by atoms with Gasteiger partial charge in [0.1, 0.15) is 18.1 Å². The minimum absolute atomic E-state index is 0.231. The van der Waals surface area contributed by atoms with Crippen molar-refractivity contribution in [2.75, 3.05) is 0 Å². The summed E-state index contributed by atoms with van der Waals surface area (Å²) in [5.41, 5.74) is 2.88. The van der Waals surface area contributed by atoms with E-state index < -0.39 is 11.9 Å². The molecule has 2 N–H and O–H groups in total. The molecule has 0 atom stereocenters. The molecule has 29 heavy (non-hydrogen) atoms. The second-order valence-electron chi connectivity index (χ2n) is 6.50. The molecule has 1 amide bonds. The van der Waals surface area contributed by atoms with E-state index in [9.17, 15) is 14.7 Å². The van der Waals surface area contributed by atoms with Gasteiger partial charge in [0.15, 0.2) is 0 Å². The number of carbonyl (C=O) groups excluding carboxylic acids is 1. The van der Waals surface area contributed by atoms with Gasteiger partial charge in [0.05, 0.1) is 0 Å². The minimum atomic E-state index is -1.23. The van der Waals surface area contributed by atoms with E-state index in [4.69, 9.17) is 4.74 Å². The number of para-hydroxylation sites is 1. The summed E-state index contributed by atoms with van der Waals surface area (Å²) in [5.74, 6) is -1.19. The van der Waals surface area contributed by atoms with Crippen LogP contribution in [0.15, 0.2) is 84.6 Å². The highest BCUT2D eigenvalue weighted by Gasteiger charge is 2.14. The summed E-state index contributed by atoms with van der Waals surface area (Å²) in [4.78, 5) is 24.0. The fourth-order valence-electron chi connectivity index (χ4n) is 2.67. The fourth-order valence-corrected chi connectivity index (χ4v) is 2.67. The molecule has 5 heteroatoms. The lowest BCUT2D eigenvalue weighted by Crippen LogP contribution is -2.27. The van der Waals surface area contributed by atoms with Crippen molar-refractivity contribution in [3.63, 3.8) is 0 Å². The average molecular weight is 387 g/mol. The highest BCUT2D eigenvalue weighted by Crippen LogP contribution is 2.22. The van der Waals surface area contributed by atoms with Gasteiger partial charge in [-0.2, -0.15) is 0 Å². The molecular weight excluding hydrogens is 366 g/mol. The molecule has 0 heterocycles. The molecule has 3 aromatic rings. The molecule has 3 rings (SSSR count). The SMILES string of the molecule is Cc1ccc(COc2ccccc2/C=C(/NC(=O)c2ccccc2)C(=O)O)cc1. The normalized spacial score (nSPS) is 11.0. The Morgan fingerprint density at radius 2 is 1.59 bits per heavy atom. The molecule has 0 aliphatic heterocycles. The van der Waals surface area contributed by atoms with Crippen LogP contribution in [0.3, 0.4) is 0 Å². The highest BCUT2D eigenvalue weighted by atomic mass is 16.5. The van der Waals surface area contributed by atoms with Crippen LogP contribution in [0.1, 0.15) is 27.0 Å². The van der Waals surface area contributed by atoms with Crippen molar-refractivity contribution < 1.29 is 19.4 Å². The molecule has 0 aromatic heterocycles. The number of ether oxygens (including phenoxy) is 1. The molecule has 0 aliphatic carbocycles. The van der Waals surface area contributed by atoms with Gasteiger partial charge in [-0.3, -0.25) is 4.79 Å². The number of hydrogen-bond donors (Lipinski definition) is 2. The lowest BCUT2D eigenvalue weighted by atomic mass is 10.1. The molecule has 146 valence electrons. The van der Waals surface area contributed by atoms with Crippen molar-refractivity contribution in [3.05, 3.63) is 107 Å². The van der Waals surface area contributed by atoms with E-state index >= 15 is 0 Å². The third-order valence-corrected chi connectivity index (χ3v) is 4.25. The fraction of sp³-hybridized carbons (Fsp3) is 0.0833. The molecule has 0 fully saturated rings. The first-order chi connectivity index (χ1) is 14.0. The zero-order valence-electron chi connectivity index (χ0n) is 16.0. The number of rotatable bonds is 7. The predicted molar refractivity (Wildman–Crippen MR) is 111 cm³/mol. The van der Waals surface area contributed by atoms with E-state index in [1.165, 1.54) is 6.08 Å². The van der Waals surface area contributed by atoms with Crippen LogP contribution in [0.2, 0.25) is 0 Å². The second kappa shape index (κ2) is 9.37. The standard InChI is InChI=1S/C24H21NO4/c1-17-11-13-18(14-12-17)16-29-22-10-6-5-9-20(22)15-21(24(27)28)25-23(26)19-7-3-2-4-8-19/h2-15H,16H2,1H3,(H,25,26)(H,27,28)/b21-15+. The van der Waals surface area contributed by atoms with Crippen molar-refractivity contribution in [1.82, 2.24) is 5.32 Å². The minimum Gasteiger partial charge on any atom is -0.488 e. The number of nitrogens with one attached hydrogen (secondary N) is 1. The van der Waals surface area contributed by atoms with Gasteiger partial charge in [-0.15, -0.1) is 0 Å². The molecule has 0 aliphatic rings. The Kier molecular flexibility index (Phi) is 6.43. The van der Waals surface area contributed by atoms with Crippen molar-refractivity contribution >= 4 is 18.0 Å². The largest absolute Gasteiger partial charge is 0.488 e. The zero-order valence-corrected chi connectivity index (χ0v) is 16.0. The van der Waals surface area contributed by atoms with E-state index in [2.05, 4.69) is 5.32 Å². The van der Waals surface area contributed by atoms with Crippen molar-refractivity contribution in [3.8, 4) is 5.75 Å². The molecule has 0 spiro atoms. The lowest BCUT2D eigenvalue weighted by Gasteiger charge is -2.11. The van der Waals surface area contributed by atoms with Crippen LogP contribution in [0.4, 0.5) is 0 Å². The number of carbonyl (C=O) groups is 2. The molecule has 3 aromatic carbocycles. The summed E-state index contributed by atoms with van der Waals surface area (Å²) in [6.07, 6.45) is 1.40. The van der Waals surface area contributed by atoms with Crippen LogP contribution in [0, 0.1) is 6.92 Å². The lowest BCUT2D eigenvalue weighted by molar-refractivity contribution is -0.132. The number of benzene rings is 3. The van der Waals surface area contributed by atoms with Crippen LogP contribution < -0.4 is 10.1 Å². The van der Waals surface area contributed by atoms with Gasteiger partial charge >= 0.3 is 5.97 Å². The summed E-state index contributed by atoms with van der Waals surface area (Å²) >= 11 is 0. The summed E-state index contributed by atoms with van der Waals surface area (Å²) in [7, 11) is 0. The van der Waals surface area contributed by atoms with Crippen molar-refractivity contribution in [2.24, 2.45) is 0 Å². The van der Waals surface area contributed by atoms with Gasteiger partial charge in [-0.25, -0.2) is 4.79 Å². The third-order valence-electron chi connectivity index (χ3n) is 4.25. The highest BCUT2D eigenvalue weighted by molar-refractivity contribution is 6.02. The first-order valence-corrected chi connectivity index (χ1v) is 9.11. The number of amides is 1. The van der Waals surface area contributed by atoms with E-state index in [1.54, 1.807) is 48.5 Å². The first kappa shape index (κ1) is 19.9. The Morgan fingerprint density at radius 3 is 2.28 bits per heavy atom. The number of hydrogen-bond acceptors (Lipinski definition) is 3. The smallest absolute Gasteiger partial charge is 0.352 e. The van der Waals surface area contributed by atoms with Gasteiger partial charge in [-0.05, 0) is 36.8 Å². The maximum absolute atomic E-state index is 12.3. The number of aryl methyl sites for hydroxylation is 1. The molecule has 0 radical (unpaired) electrons. The third kappa shape index (κ3) is 5.56. The van der Waals surface area contributed by atoms with Crippen LogP contribution in [0.25, 0.3) is 6.08 Å². The number of aliphatic carboxylic acids is 1. The second-order valence-corrected chi connectivity index (χ2v) is 6.50. The first-order valence-electron chi connectivity index (χ1n) is 9.11. The molecule has 0 saturated carbocycles. The van der Waals surface area contributed by atoms with Crippen LogP contribution in [0.5, 0.6) is 5.75 Å². The van der Waals surface area contributed by atoms with Crippen molar-refractivity contribution in [2.45, 2.75) is 13.5 Å². The molecule has 0 saturated heterocycles. The molecule has 0 unspecified atom stereocenters. The van der Waals surface area contributed by atoms with Crippen LogP contribution in [-0.4, -0.2) is 17.0 Å². The van der Waals surface area contributed by atoms with Crippen LogP contribution in [-0.2, 0) is 11.4 Å². The number of carboxylic acid groups (broad SMARTS) is 1. The maximum Gasteiger partial charge on any atom is 0.352 e. The van der Waals surface area contributed by atoms with Gasteiger partial charge in [-0.1, -0.05) is 66.2 Å². The monoisotopic (exact) mass is 387 g/mol. The zero-order chi connectivity index (χ0) is 20.6. The van der Waals surface area contributed by atoms with E-state index in [-0.39, 0.29) is 5.70 Å². The summed E-state index contributed by atoms with van der Waals surface area (Å²) in [6.45, 7) is 2.37. The Labute approximate surface area is 169 Å². The van der Waals surface area contributed by atoms with Gasteiger partial charge in [0, 0.05) is 11.1 Å². The van der Waals surface area contributed by atoms with Gasteiger partial charge in [0.2, 0.25) is 0 Å². The Bertz CT molecular complexity index is 1020. The Balaban J connectivity index is 1.80. The van der Waals surface area contributed by atoms with Crippen LogP contribution >= 0.6 is 0 Å². The summed E-state index contributed by atoms with van der Waals surface area (Å²) < 4.78 is 5.88. The maximum atomic E-state index is 12.3. The number of carboxylic acids is 1. The Hall–Kier alpha value is -3.86. The predicted octanol–water partition coefficient (Wildman–Crippen LogP) is 4.43. The van der Waals surface area contributed by atoms with E-state index in [0.29, 0.717) is 23.5 Å². The Morgan fingerprint density at radius 1 is 0.931 bits per heavy atom. The molecule has 5 nitrogen and oxygen atoms in total. The van der Waals surface area contributed by atoms with Crippen molar-refractivity contribution in [1.29, 1.82) is 0 Å². The average Bonchev–Trinajstić information content (AvgIpc) is 2.74.